The second-order valence-electron chi connectivity index (χ2n) is 5.39. The Bertz CT molecular complexity index is 554. The first kappa shape index (κ1) is 12.2. The molecule has 0 heterocycles. The number of benzene rings is 1. The van der Waals surface area contributed by atoms with Crippen molar-refractivity contribution in [2.75, 3.05) is 7.11 Å². The highest BCUT2D eigenvalue weighted by Gasteiger charge is 2.60. The van der Waals surface area contributed by atoms with Crippen LogP contribution in [0, 0.1) is 5.92 Å². The minimum absolute atomic E-state index is 0.105. The highest BCUT2D eigenvalue weighted by Crippen LogP contribution is 2.59. The van der Waals surface area contributed by atoms with Crippen molar-refractivity contribution in [3.05, 3.63) is 35.4 Å². The van der Waals surface area contributed by atoms with Gasteiger partial charge >= 0.3 is 5.97 Å². The van der Waals surface area contributed by atoms with Crippen LogP contribution in [0.15, 0.2) is 24.3 Å². The molecule has 19 heavy (non-hydrogen) atoms. The van der Waals surface area contributed by atoms with Gasteiger partial charge in [-0.25, -0.2) is 0 Å². The number of hydrogen-bond donors (Lipinski definition) is 1. The molecule has 0 radical (unpaired) electrons. The first-order valence-corrected chi connectivity index (χ1v) is 6.56. The molecule has 0 saturated heterocycles. The van der Waals surface area contributed by atoms with E-state index in [0.717, 1.165) is 18.4 Å². The summed E-state index contributed by atoms with van der Waals surface area (Å²) in [6.07, 6.45) is 1.71. The third-order valence-corrected chi connectivity index (χ3v) is 4.48. The number of methoxy groups -OCH3 is 1. The lowest BCUT2D eigenvalue weighted by Crippen LogP contribution is -2.48. The fraction of sp³-hybridized carbons (Fsp3) is 0.467. The molecule has 0 spiro atoms. The summed E-state index contributed by atoms with van der Waals surface area (Å²) in [5.41, 5.74) is 1.69. The molecule has 2 bridgehead atoms. The summed E-state index contributed by atoms with van der Waals surface area (Å²) in [4.78, 5) is 23.7. The Labute approximate surface area is 112 Å². The lowest BCUT2D eigenvalue weighted by Gasteiger charge is -2.32. The zero-order chi connectivity index (χ0) is 13.6. The Kier molecular flexibility index (Phi) is 2.62. The summed E-state index contributed by atoms with van der Waals surface area (Å²) in [6.45, 7) is 1.50. The monoisotopic (exact) mass is 259 g/mol. The summed E-state index contributed by atoms with van der Waals surface area (Å²) in [6, 6.07) is 8.01. The van der Waals surface area contributed by atoms with E-state index in [4.69, 9.17) is 4.74 Å². The molecule has 3 rings (SSSR count). The van der Waals surface area contributed by atoms with Gasteiger partial charge in [0.15, 0.2) is 0 Å². The molecule has 1 fully saturated rings. The van der Waals surface area contributed by atoms with Crippen molar-refractivity contribution in [3.63, 3.8) is 0 Å². The summed E-state index contributed by atoms with van der Waals surface area (Å²) >= 11 is 0. The van der Waals surface area contributed by atoms with Crippen LogP contribution in [0.3, 0.4) is 0 Å². The maximum absolute atomic E-state index is 12.2. The Morgan fingerprint density at radius 2 is 2.11 bits per heavy atom. The van der Waals surface area contributed by atoms with Gasteiger partial charge in [0.25, 0.3) is 0 Å². The number of carbonyl (C=O) groups is 2. The maximum Gasteiger partial charge on any atom is 0.312 e. The van der Waals surface area contributed by atoms with Gasteiger partial charge in [-0.1, -0.05) is 24.3 Å². The van der Waals surface area contributed by atoms with Crippen LogP contribution in [-0.2, 0) is 19.9 Å². The topological polar surface area (TPSA) is 55.4 Å². The van der Waals surface area contributed by atoms with Crippen molar-refractivity contribution >= 4 is 11.9 Å². The zero-order valence-electron chi connectivity index (χ0n) is 11.1. The second-order valence-corrected chi connectivity index (χ2v) is 5.39. The number of hydrogen-bond acceptors (Lipinski definition) is 3. The normalized spacial score (nSPS) is 30.8. The smallest absolute Gasteiger partial charge is 0.312 e. The van der Waals surface area contributed by atoms with Crippen LogP contribution >= 0.6 is 0 Å². The van der Waals surface area contributed by atoms with E-state index in [9.17, 15) is 9.59 Å². The fourth-order valence-corrected chi connectivity index (χ4v) is 3.93. The van der Waals surface area contributed by atoms with Gasteiger partial charge in [0.1, 0.15) is 0 Å². The Balaban J connectivity index is 2.14. The predicted molar refractivity (Wildman–Crippen MR) is 69.4 cm³/mol. The molecule has 1 aromatic rings. The SMILES string of the molecule is COC(=O)C1C2CCC1(NC(C)=O)c1ccccc12. The third-order valence-electron chi connectivity index (χ3n) is 4.48. The number of rotatable bonds is 2. The number of fused-ring (bicyclic) bond motifs is 5. The van der Waals surface area contributed by atoms with Crippen LogP contribution in [-0.4, -0.2) is 19.0 Å². The van der Waals surface area contributed by atoms with E-state index in [2.05, 4.69) is 11.4 Å². The molecule has 0 aromatic heterocycles. The van der Waals surface area contributed by atoms with Crippen molar-refractivity contribution < 1.29 is 14.3 Å². The Morgan fingerprint density at radius 3 is 2.79 bits per heavy atom. The van der Waals surface area contributed by atoms with Crippen LogP contribution in [0.1, 0.15) is 36.8 Å². The molecule has 1 aromatic carbocycles. The lowest BCUT2D eigenvalue weighted by atomic mass is 9.84. The molecule has 2 aliphatic carbocycles. The Hall–Kier alpha value is -1.84. The molecule has 1 N–H and O–H groups in total. The van der Waals surface area contributed by atoms with E-state index >= 15 is 0 Å². The summed E-state index contributed by atoms with van der Waals surface area (Å²) in [5, 5.41) is 3.03. The molecule has 3 atom stereocenters. The van der Waals surface area contributed by atoms with Crippen LogP contribution in [0.25, 0.3) is 0 Å². The molecular weight excluding hydrogens is 242 g/mol. The fourth-order valence-electron chi connectivity index (χ4n) is 3.93. The highest BCUT2D eigenvalue weighted by molar-refractivity contribution is 5.82. The van der Waals surface area contributed by atoms with Gasteiger partial charge < -0.3 is 10.1 Å². The van der Waals surface area contributed by atoms with Crippen LogP contribution in [0.4, 0.5) is 0 Å². The number of amides is 1. The van der Waals surface area contributed by atoms with Gasteiger partial charge in [-0.2, -0.15) is 0 Å². The first-order valence-electron chi connectivity index (χ1n) is 6.56. The Morgan fingerprint density at radius 1 is 1.37 bits per heavy atom. The largest absolute Gasteiger partial charge is 0.469 e. The number of ether oxygens (including phenoxy) is 1. The molecule has 2 aliphatic rings. The average molecular weight is 259 g/mol. The van der Waals surface area contributed by atoms with Crippen LogP contribution < -0.4 is 5.32 Å². The molecular formula is C15H17NO3. The van der Waals surface area contributed by atoms with E-state index in [1.165, 1.54) is 19.6 Å². The molecule has 1 amide bonds. The first-order chi connectivity index (χ1) is 9.10. The molecule has 4 heteroatoms. The number of carbonyl (C=O) groups excluding carboxylic acids is 2. The minimum Gasteiger partial charge on any atom is -0.469 e. The quantitative estimate of drug-likeness (QED) is 0.822. The highest BCUT2D eigenvalue weighted by atomic mass is 16.5. The summed E-state index contributed by atoms with van der Waals surface area (Å²) < 4.78 is 4.96. The van der Waals surface area contributed by atoms with Crippen molar-refractivity contribution in [3.8, 4) is 0 Å². The molecule has 100 valence electrons. The maximum atomic E-state index is 12.2. The summed E-state index contributed by atoms with van der Waals surface area (Å²) in [7, 11) is 1.41. The van der Waals surface area contributed by atoms with Crippen molar-refractivity contribution in [2.45, 2.75) is 31.2 Å². The van der Waals surface area contributed by atoms with Gasteiger partial charge in [-0.05, 0) is 24.0 Å². The van der Waals surface area contributed by atoms with Crippen LogP contribution in [0.2, 0.25) is 0 Å². The number of nitrogens with one attached hydrogen (secondary N) is 1. The van der Waals surface area contributed by atoms with Gasteiger partial charge in [-0.15, -0.1) is 0 Å². The zero-order valence-corrected chi connectivity index (χ0v) is 11.1. The number of esters is 1. The molecule has 1 saturated carbocycles. The van der Waals surface area contributed by atoms with E-state index in [1.54, 1.807) is 0 Å². The van der Waals surface area contributed by atoms with E-state index < -0.39 is 5.54 Å². The molecule has 0 aliphatic heterocycles. The van der Waals surface area contributed by atoms with Crippen molar-refractivity contribution in [1.82, 2.24) is 5.32 Å². The van der Waals surface area contributed by atoms with Crippen molar-refractivity contribution in [1.29, 1.82) is 0 Å². The minimum atomic E-state index is -0.569. The van der Waals surface area contributed by atoms with E-state index in [0.29, 0.717) is 0 Å². The van der Waals surface area contributed by atoms with E-state index in [1.807, 2.05) is 18.2 Å². The summed E-state index contributed by atoms with van der Waals surface area (Å²) in [5.74, 6) is -0.465. The van der Waals surface area contributed by atoms with E-state index in [-0.39, 0.29) is 23.7 Å². The standard InChI is InChI=1S/C15H17NO3/c1-9(17)16-15-8-7-11(13(15)14(18)19-2)10-5-3-4-6-12(10)15/h3-6,11,13H,7-8H2,1-2H3,(H,16,17). The van der Waals surface area contributed by atoms with Crippen LogP contribution in [0.5, 0.6) is 0 Å². The third kappa shape index (κ3) is 1.52. The second kappa shape index (κ2) is 4.08. The average Bonchev–Trinajstić information content (AvgIpc) is 2.88. The van der Waals surface area contributed by atoms with Gasteiger partial charge in [0, 0.05) is 12.8 Å². The van der Waals surface area contributed by atoms with Crippen molar-refractivity contribution in [2.24, 2.45) is 5.92 Å². The van der Waals surface area contributed by atoms with Gasteiger partial charge in [-0.3, -0.25) is 9.59 Å². The van der Waals surface area contributed by atoms with Gasteiger partial charge in [0.05, 0.1) is 18.6 Å². The molecule has 3 unspecified atom stereocenters. The predicted octanol–water partition coefficient (Wildman–Crippen LogP) is 1.70. The lowest BCUT2D eigenvalue weighted by molar-refractivity contribution is -0.148. The van der Waals surface area contributed by atoms with Gasteiger partial charge in [0.2, 0.25) is 5.91 Å². The molecule has 4 nitrogen and oxygen atoms in total.